The third kappa shape index (κ3) is 11.6. The highest BCUT2D eigenvalue weighted by Gasteiger charge is 2.37. The summed E-state index contributed by atoms with van der Waals surface area (Å²) in [4.78, 5) is 20.4. The van der Waals surface area contributed by atoms with Crippen LogP contribution in [0.15, 0.2) is 59.9 Å². The standard InChI is InChI=1S/C41H56N4O8/c1-4-5-6-10-29(18-28-13-14-34(47)38(19-28)52-32-12-7-11-31(22-32)45-41(42)43-3)36-23-33(51-26(2)46)24-37(53-36)30-20-35(48)40(49)39(21-30)50-17-15-27-9-8-16-44-25-27/h8-9,13-14,16,19-21,25,29,31-33,36-37,47-49H,4-7,10-12,15,17-18,22-24H2,1-3H3,(H3,42,43,45)/t29-,31+,32+,33-,36-,37+/m1/s1. The number of aromatic hydroxyl groups is 3. The molecule has 12 heteroatoms. The zero-order chi connectivity index (χ0) is 37.7. The number of aliphatic imine (C=N–C) groups is 1. The number of phenolic OH excluding ortho intramolecular Hbond substituents is 3. The maximum absolute atomic E-state index is 12.2. The van der Waals surface area contributed by atoms with Gasteiger partial charge in [0.25, 0.3) is 0 Å². The van der Waals surface area contributed by atoms with Crippen LogP contribution in [0.1, 0.15) is 101 Å². The van der Waals surface area contributed by atoms with Gasteiger partial charge in [0.2, 0.25) is 5.75 Å². The van der Waals surface area contributed by atoms with E-state index in [4.69, 9.17) is 24.7 Å². The Kier molecular flexibility index (Phi) is 14.5. The van der Waals surface area contributed by atoms with Crippen LogP contribution in [-0.4, -0.2) is 70.2 Å². The molecular weight excluding hydrogens is 676 g/mol. The third-order valence-corrected chi connectivity index (χ3v) is 10.2. The Morgan fingerprint density at radius 1 is 1.04 bits per heavy atom. The normalized spacial score (nSPS) is 22.5. The van der Waals surface area contributed by atoms with Crippen molar-refractivity contribution >= 4 is 11.9 Å². The number of phenols is 3. The molecule has 5 rings (SSSR count). The van der Waals surface area contributed by atoms with Gasteiger partial charge >= 0.3 is 5.97 Å². The lowest BCUT2D eigenvalue weighted by atomic mass is 9.83. The van der Waals surface area contributed by atoms with Gasteiger partial charge in [-0.1, -0.05) is 38.3 Å². The molecule has 1 saturated heterocycles. The smallest absolute Gasteiger partial charge is 0.302 e. The fraction of sp³-hybridized carbons (Fsp3) is 0.537. The van der Waals surface area contributed by atoms with E-state index in [-0.39, 0.29) is 59.7 Å². The summed E-state index contributed by atoms with van der Waals surface area (Å²) in [5, 5.41) is 35.5. The first-order chi connectivity index (χ1) is 25.6. The van der Waals surface area contributed by atoms with Crippen LogP contribution in [0.5, 0.6) is 28.7 Å². The molecule has 12 nitrogen and oxygen atoms in total. The number of nitrogens with zero attached hydrogens (tertiary/aromatic N) is 2. The number of nitrogens with two attached hydrogens (primary N) is 1. The van der Waals surface area contributed by atoms with E-state index in [1.165, 1.54) is 13.0 Å². The van der Waals surface area contributed by atoms with Gasteiger partial charge in [0.15, 0.2) is 29.0 Å². The highest BCUT2D eigenvalue weighted by atomic mass is 16.6. The number of esters is 1. The summed E-state index contributed by atoms with van der Waals surface area (Å²) in [6.07, 6.45) is 11.9. The van der Waals surface area contributed by atoms with Crippen LogP contribution >= 0.6 is 0 Å². The lowest BCUT2D eigenvalue weighted by molar-refractivity contribution is -0.165. The van der Waals surface area contributed by atoms with Crippen molar-refractivity contribution < 1.29 is 39.1 Å². The Hall–Kier alpha value is -4.71. The monoisotopic (exact) mass is 732 g/mol. The molecule has 6 N–H and O–H groups in total. The Morgan fingerprint density at radius 2 is 1.89 bits per heavy atom. The second-order valence-corrected chi connectivity index (χ2v) is 14.3. The Balaban J connectivity index is 1.34. The lowest BCUT2D eigenvalue weighted by Gasteiger charge is -2.39. The number of hydrogen-bond acceptors (Lipinski definition) is 10. The molecule has 2 fully saturated rings. The van der Waals surface area contributed by atoms with Gasteiger partial charge in [-0.15, -0.1) is 0 Å². The van der Waals surface area contributed by atoms with E-state index in [0.29, 0.717) is 43.0 Å². The van der Waals surface area contributed by atoms with Crippen LogP contribution < -0.4 is 20.5 Å². The average molecular weight is 733 g/mol. The van der Waals surface area contributed by atoms with E-state index in [1.807, 2.05) is 24.3 Å². The number of pyridine rings is 1. The lowest BCUT2D eigenvalue weighted by Crippen LogP contribution is -2.44. The first-order valence-corrected chi connectivity index (χ1v) is 19.0. The summed E-state index contributed by atoms with van der Waals surface area (Å²) in [6.45, 7) is 3.85. The summed E-state index contributed by atoms with van der Waals surface area (Å²) in [5.74, 6) is 0.138. The van der Waals surface area contributed by atoms with E-state index in [0.717, 1.165) is 62.5 Å². The van der Waals surface area contributed by atoms with Crippen LogP contribution in [0, 0.1) is 5.92 Å². The molecule has 0 spiro atoms. The number of aromatic nitrogens is 1. The average Bonchev–Trinajstić information content (AvgIpc) is 3.14. The molecule has 3 aromatic rings. The second-order valence-electron chi connectivity index (χ2n) is 14.3. The van der Waals surface area contributed by atoms with Crippen molar-refractivity contribution in [3.8, 4) is 28.7 Å². The number of ether oxygens (including phenoxy) is 4. The number of rotatable bonds is 16. The number of carbonyl (C=O) groups excluding carboxylic acids is 1. The maximum Gasteiger partial charge on any atom is 0.302 e. The van der Waals surface area contributed by atoms with Crippen molar-refractivity contribution in [2.75, 3.05) is 13.7 Å². The van der Waals surface area contributed by atoms with Crippen LogP contribution in [-0.2, 0) is 27.1 Å². The molecule has 0 amide bonds. The van der Waals surface area contributed by atoms with Crippen molar-refractivity contribution in [3.63, 3.8) is 0 Å². The van der Waals surface area contributed by atoms with E-state index in [1.54, 1.807) is 31.6 Å². The molecule has 1 aromatic heterocycles. The highest BCUT2D eigenvalue weighted by Crippen LogP contribution is 2.44. The number of hydrogen-bond donors (Lipinski definition) is 5. The molecule has 1 aliphatic carbocycles. The molecule has 6 atom stereocenters. The van der Waals surface area contributed by atoms with Crippen LogP contribution in [0.4, 0.5) is 0 Å². The highest BCUT2D eigenvalue weighted by molar-refractivity contribution is 5.77. The molecule has 288 valence electrons. The quantitative estimate of drug-likeness (QED) is 0.0351. The molecular formula is C41H56N4O8. The maximum atomic E-state index is 12.2. The van der Waals surface area contributed by atoms with Crippen molar-refractivity contribution in [2.24, 2.45) is 16.6 Å². The molecule has 1 aliphatic heterocycles. The number of benzene rings is 2. The van der Waals surface area contributed by atoms with Gasteiger partial charge in [0, 0.05) is 58.1 Å². The minimum Gasteiger partial charge on any atom is -0.504 e. The third-order valence-electron chi connectivity index (χ3n) is 10.2. The SMILES string of the molecule is CCCCC[C@H](Cc1ccc(O)c(O[C@H]2CCC[C@H](NC(N)=NC)C2)c1)[C@H]1C[C@@H](OC(C)=O)C[C@@H](c2cc(O)c(O)c(OCCc3cccnc3)c2)O1. The zero-order valence-electron chi connectivity index (χ0n) is 31.2. The predicted octanol–water partition coefficient (Wildman–Crippen LogP) is 6.64. The van der Waals surface area contributed by atoms with Gasteiger partial charge in [-0.05, 0) is 85.0 Å². The van der Waals surface area contributed by atoms with Gasteiger partial charge in [-0.3, -0.25) is 14.8 Å². The first kappa shape index (κ1) is 39.5. The van der Waals surface area contributed by atoms with E-state index >= 15 is 0 Å². The Labute approximate surface area is 312 Å². The molecule has 53 heavy (non-hydrogen) atoms. The van der Waals surface area contributed by atoms with Gasteiger partial charge in [-0.2, -0.15) is 0 Å². The Morgan fingerprint density at radius 3 is 2.64 bits per heavy atom. The molecule has 2 aliphatic rings. The molecule has 2 aromatic carbocycles. The summed E-state index contributed by atoms with van der Waals surface area (Å²) < 4.78 is 25.0. The largest absolute Gasteiger partial charge is 0.504 e. The summed E-state index contributed by atoms with van der Waals surface area (Å²) in [5.41, 5.74) is 8.54. The van der Waals surface area contributed by atoms with E-state index in [9.17, 15) is 20.1 Å². The van der Waals surface area contributed by atoms with Gasteiger partial charge in [-0.25, -0.2) is 0 Å². The minimum absolute atomic E-state index is 0.0558. The van der Waals surface area contributed by atoms with Crippen molar-refractivity contribution in [2.45, 2.75) is 121 Å². The van der Waals surface area contributed by atoms with Crippen molar-refractivity contribution in [1.29, 1.82) is 0 Å². The van der Waals surface area contributed by atoms with Crippen molar-refractivity contribution in [3.05, 3.63) is 71.5 Å². The molecule has 0 radical (unpaired) electrons. The molecule has 2 heterocycles. The first-order valence-electron chi connectivity index (χ1n) is 19.0. The Bertz CT molecular complexity index is 1650. The molecule has 0 bridgehead atoms. The number of guanidine groups is 1. The van der Waals surface area contributed by atoms with Gasteiger partial charge in [0.1, 0.15) is 12.2 Å². The summed E-state index contributed by atoms with van der Waals surface area (Å²) >= 11 is 0. The van der Waals surface area contributed by atoms with E-state index < -0.39 is 12.2 Å². The minimum atomic E-state index is -0.530. The fourth-order valence-electron chi connectivity index (χ4n) is 7.49. The topological polar surface area (TPSA) is 178 Å². The van der Waals surface area contributed by atoms with Crippen molar-refractivity contribution in [1.82, 2.24) is 10.3 Å². The zero-order valence-corrected chi connectivity index (χ0v) is 31.2. The van der Waals surface area contributed by atoms with Gasteiger partial charge < -0.3 is 45.3 Å². The predicted molar refractivity (Wildman–Crippen MR) is 202 cm³/mol. The second kappa shape index (κ2) is 19.4. The number of unbranched alkanes of at least 4 members (excludes halogenated alkanes) is 2. The summed E-state index contributed by atoms with van der Waals surface area (Å²) in [7, 11) is 1.66. The number of nitrogens with one attached hydrogen (secondary N) is 1. The van der Waals surface area contributed by atoms with Crippen LogP contribution in [0.25, 0.3) is 0 Å². The van der Waals surface area contributed by atoms with Gasteiger partial charge in [0.05, 0.1) is 18.8 Å². The molecule has 0 unspecified atom stereocenters. The summed E-state index contributed by atoms with van der Waals surface area (Å²) in [6, 6.07) is 12.7. The van der Waals surface area contributed by atoms with E-state index in [2.05, 4.69) is 22.2 Å². The molecule has 1 saturated carbocycles. The van der Waals surface area contributed by atoms with Crippen LogP contribution in [0.3, 0.4) is 0 Å². The van der Waals surface area contributed by atoms with Crippen LogP contribution in [0.2, 0.25) is 0 Å². The fourth-order valence-corrected chi connectivity index (χ4v) is 7.49. The number of carbonyl (C=O) groups is 1.